The van der Waals surface area contributed by atoms with Crippen LogP contribution in [0.15, 0.2) is 24.3 Å². The van der Waals surface area contributed by atoms with Crippen LogP contribution in [0.25, 0.3) is 0 Å². The fraction of sp³-hybridized carbons (Fsp3) is 0.692. The molecule has 0 heterocycles. The third-order valence-corrected chi connectivity index (χ3v) is 12.2. The molecule has 4 saturated carbocycles. The van der Waals surface area contributed by atoms with E-state index in [1.54, 1.807) is 0 Å². The van der Waals surface area contributed by atoms with Gasteiger partial charge in [-0.15, -0.1) is 0 Å². The van der Waals surface area contributed by atoms with E-state index in [0.717, 1.165) is 11.1 Å². The Bertz CT molecular complexity index is 1090. The van der Waals surface area contributed by atoms with E-state index in [9.17, 15) is 10.2 Å². The summed E-state index contributed by atoms with van der Waals surface area (Å²) >= 11 is 0. The maximum atomic E-state index is 12.0. The van der Waals surface area contributed by atoms with E-state index in [1.165, 1.54) is 151 Å². The lowest BCUT2D eigenvalue weighted by molar-refractivity contribution is 0.306. The summed E-state index contributed by atoms with van der Waals surface area (Å²) in [5.74, 6) is 2.24. The third-order valence-electron chi connectivity index (χ3n) is 12.2. The molecule has 0 unspecified atom stereocenters. The monoisotopic (exact) mass is 556 g/mol. The molecular weight excluding hydrogens is 500 g/mol. The first-order valence-corrected chi connectivity index (χ1v) is 17.6. The first-order chi connectivity index (χ1) is 19.9. The highest BCUT2D eigenvalue weighted by Gasteiger charge is 2.35. The van der Waals surface area contributed by atoms with Crippen molar-refractivity contribution in [2.45, 2.75) is 171 Å². The van der Waals surface area contributed by atoms with E-state index in [2.05, 4.69) is 38.1 Å². The normalized spacial score (nSPS) is 23.9. The number of hydrogen-bond donors (Lipinski definition) is 2. The van der Waals surface area contributed by atoms with Crippen LogP contribution in [0.4, 0.5) is 0 Å². The highest BCUT2D eigenvalue weighted by molar-refractivity contribution is 5.55. The van der Waals surface area contributed by atoms with E-state index in [1.807, 2.05) is 0 Å². The predicted octanol–water partition coefficient (Wildman–Crippen LogP) is 11.2. The Morgan fingerprint density at radius 2 is 0.854 bits per heavy atom. The molecule has 2 nitrogen and oxygen atoms in total. The molecule has 2 aromatic rings. The Balaban J connectivity index is 1.44. The summed E-state index contributed by atoms with van der Waals surface area (Å²) in [6.07, 6.45) is 26.0. The van der Waals surface area contributed by atoms with Gasteiger partial charge in [0, 0.05) is 17.5 Å². The van der Waals surface area contributed by atoms with Gasteiger partial charge in [0.2, 0.25) is 0 Å². The molecule has 2 aromatic carbocycles. The second-order valence-electron chi connectivity index (χ2n) is 15.2. The summed E-state index contributed by atoms with van der Waals surface area (Å²) < 4.78 is 0. The molecule has 0 amide bonds. The number of phenolic OH excluding ortho intramolecular Hbond substituents is 2. The summed E-state index contributed by atoms with van der Waals surface area (Å²) in [6, 6.07) is 9.51. The van der Waals surface area contributed by atoms with Gasteiger partial charge in [0.25, 0.3) is 0 Å². The Labute approximate surface area is 250 Å². The van der Waals surface area contributed by atoms with Gasteiger partial charge >= 0.3 is 0 Å². The summed E-state index contributed by atoms with van der Waals surface area (Å²) in [5, 5.41) is 24.0. The fourth-order valence-corrected chi connectivity index (χ4v) is 9.38. The molecule has 4 fully saturated rings. The van der Waals surface area contributed by atoms with Crippen molar-refractivity contribution in [2.75, 3.05) is 0 Å². The van der Waals surface area contributed by atoms with Gasteiger partial charge in [-0.3, -0.25) is 0 Å². The molecule has 2 heteroatoms. The van der Waals surface area contributed by atoms with E-state index in [-0.39, 0.29) is 10.8 Å². The second kappa shape index (κ2) is 12.3. The summed E-state index contributed by atoms with van der Waals surface area (Å²) in [6.45, 7) is 4.80. The van der Waals surface area contributed by atoms with E-state index in [4.69, 9.17) is 0 Å². The van der Waals surface area contributed by atoms with Crippen LogP contribution in [-0.4, -0.2) is 10.2 Å². The van der Waals surface area contributed by atoms with Crippen molar-refractivity contribution in [3.8, 4) is 11.5 Å². The molecule has 0 atom stereocenters. The van der Waals surface area contributed by atoms with Gasteiger partial charge in [-0.25, -0.2) is 0 Å². The van der Waals surface area contributed by atoms with Crippen LogP contribution in [0.2, 0.25) is 0 Å². The van der Waals surface area contributed by atoms with Crippen LogP contribution >= 0.6 is 0 Å². The summed E-state index contributed by atoms with van der Waals surface area (Å²) in [5.41, 5.74) is 7.47. The predicted molar refractivity (Wildman–Crippen MR) is 172 cm³/mol. The van der Waals surface area contributed by atoms with Gasteiger partial charge in [-0.1, -0.05) is 115 Å². The maximum absolute atomic E-state index is 12.0. The first kappa shape index (κ1) is 29.1. The molecule has 4 aliphatic rings. The van der Waals surface area contributed by atoms with Crippen molar-refractivity contribution < 1.29 is 10.2 Å². The SMILES string of the molecule is CC1(c2cc(C3CCCCC3)cc(Cc3cc(C4CCCCC4)cc(C4(C)CCCCC4)c3O)c2O)CCCCC1. The lowest BCUT2D eigenvalue weighted by atomic mass is 9.68. The molecule has 0 aromatic heterocycles. The van der Waals surface area contributed by atoms with E-state index < -0.39 is 0 Å². The van der Waals surface area contributed by atoms with Crippen molar-refractivity contribution in [1.29, 1.82) is 0 Å². The van der Waals surface area contributed by atoms with Crippen LogP contribution < -0.4 is 0 Å². The van der Waals surface area contributed by atoms with Gasteiger partial charge in [-0.05, 0) is 96.3 Å². The lowest BCUT2D eigenvalue weighted by Crippen LogP contribution is -2.26. The molecule has 0 radical (unpaired) electrons. The van der Waals surface area contributed by atoms with Gasteiger partial charge in [0.05, 0.1) is 0 Å². The molecule has 0 saturated heterocycles. The highest BCUT2D eigenvalue weighted by atomic mass is 16.3. The highest BCUT2D eigenvalue weighted by Crippen LogP contribution is 2.49. The van der Waals surface area contributed by atoms with Gasteiger partial charge in [0.1, 0.15) is 11.5 Å². The molecule has 4 aliphatic carbocycles. The fourth-order valence-electron chi connectivity index (χ4n) is 9.38. The molecule has 2 N–H and O–H groups in total. The van der Waals surface area contributed by atoms with Crippen molar-refractivity contribution in [3.05, 3.63) is 57.6 Å². The Kier molecular flexibility index (Phi) is 8.76. The molecule has 0 spiro atoms. The van der Waals surface area contributed by atoms with Gasteiger partial charge in [0.15, 0.2) is 0 Å². The summed E-state index contributed by atoms with van der Waals surface area (Å²) in [7, 11) is 0. The van der Waals surface area contributed by atoms with Gasteiger partial charge in [-0.2, -0.15) is 0 Å². The molecule has 0 bridgehead atoms. The molecular formula is C39H56O2. The van der Waals surface area contributed by atoms with Gasteiger partial charge < -0.3 is 10.2 Å². The second-order valence-corrected chi connectivity index (χ2v) is 15.2. The zero-order chi connectivity index (χ0) is 28.5. The number of hydrogen-bond acceptors (Lipinski definition) is 2. The molecule has 6 rings (SSSR count). The third kappa shape index (κ3) is 6.09. The van der Waals surface area contributed by atoms with Crippen molar-refractivity contribution >= 4 is 0 Å². The molecule has 0 aliphatic heterocycles. The minimum Gasteiger partial charge on any atom is -0.507 e. The zero-order valence-corrected chi connectivity index (χ0v) is 26.2. The largest absolute Gasteiger partial charge is 0.507 e. The van der Waals surface area contributed by atoms with Crippen LogP contribution in [0.5, 0.6) is 11.5 Å². The average molecular weight is 557 g/mol. The number of rotatable bonds is 6. The average Bonchev–Trinajstić information content (AvgIpc) is 3.00. The van der Waals surface area contributed by atoms with E-state index >= 15 is 0 Å². The molecule has 41 heavy (non-hydrogen) atoms. The number of phenols is 2. The van der Waals surface area contributed by atoms with Crippen molar-refractivity contribution in [1.82, 2.24) is 0 Å². The minimum atomic E-state index is 0.0501. The molecule has 224 valence electrons. The van der Waals surface area contributed by atoms with Crippen LogP contribution in [0.3, 0.4) is 0 Å². The minimum absolute atomic E-state index is 0.0501. The Hall–Kier alpha value is -1.96. The van der Waals surface area contributed by atoms with Crippen molar-refractivity contribution in [2.24, 2.45) is 0 Å². The van der Waals surface area contributed by atoms with Crippen LogP contribution in [0.1, 0.15) is 187 Å². The Morgan fingerprint density at radius 1 is 0.512 bits per heavy atom. The smallest absolute Gasteiger partial charge is 0.122 e. The first-order valence-electron chi connectivity index (χ1n) is 17.6. The standard InChI is InChI=1S/C39H56O2/c1-38(19-11-5-12-20-38)34-26-30(28-15-7-3-8-16-28)23-32(36(34)40)25-33-24-31(29-17-9-4-10-18-29)27-35(37(33)41)39(2)21-13-6-14-22-39/h23-24,26-29,40-41H,3-22,25H2,1-2H3. The van der Waals surface area contributed by atoms with Crippen LogP contribution in [-0.2, 0) is 17.3 Å². The Morgan fingerprint density at radius 3 is 1.22 bits per heavy atom. The summed E-state index contributed by atoms with van der Waals surface area (Å²) in [4.78, 5) is 0. The number of benzene rings is 2. The quantitative estimate of drug-likeness (QED) is 0.371. The maximum Gasteiger partial charge on any atom is 0.122 e. The number of aromatic hydroxyl groups is 2. The van der Waals surface area contributed by atoms with E-state index in [0.29, 0.717) is 29.8 Å². The zero-order valence-electron chi connectivity index (χ0n) is 26.2. The lowest BCUT2D eigenvalue weighted by Gasteiger charge is -2.37. The van der Waals surface area contributed by atoms with Crippen LogP contribution in [0, 0.1) is 0 Å². The van der Waals surface area contributed by atoms with Crippen molar-refractivity contribution in [3.63, 3.8) is 0 Å². The topological polar surface area (TPSA) is 40.5 Å².